The molecule has 0 spiro atoms. The Kier molecular flexibility index (Phi) is 15.1. The maximum Gasteiger partial charge on any atom is 0.308 e. The third-order valence-electron chi connectivity index (χ3n) is 10.6. The van der Waals surface area contributed by atoms with Gasteiger partial charge in [-0.05, 0) is 74.7 Å². The van der Waals surface area contributed by atoms with E-state index in [1.54, 1.807) is 27.0 Å². The van der Waals surface area contributed by atoms with E-state index in [2.05, 4.69) is 62.6 Å². The molecule has 0 aliphatic rings. The van der Waals surface area contributed by atoms with E-state index in [-0.39, 0.29) is 35.6 Å². The Morgan fingerprint density at radius 3 is 2.17 bits per heavy atom. The van der Waals surface area contributed by atoms with Gasteiger partial charge in [-0.3, -0.25) is 19.2 Å². The van der Waals surface area contributed by atoms with Crippen LogP contribution in [0.4, 0.5) is 0 Å². The standard InChI is InChI=1S/C43H62N4O6Si/c1-14-28(4)31(7)52-39(48)25-37(32-19-21-34(22-20-32)53-54(12,13)43(8,9)10)46-41(50)38(24-33-26-44-36-18-16-15-17-35(33)36)47(11)42(51)30(6)45-40(49)29(5)23-27(2)3/h14-22,26,28-31,37-38,44H,1-2,23-25H2,3-13H3,(H,45,49)(H,46,50)/t28-,29+,30-,31+,37+,38+/m0/s1. The van der Waals surface area contributed by atoms with Crippen LogP contribution in [0.5, 0.6) is 5.75 Å². The van der Waals surface area contributed by atoms with Gasteiger partial charge in [0.25, 0.3) is 0 Å². The van der Waals surface area contributed by atoms with Gasteiger partial charge in [0.1, 0.15) is 23.9 Å². The molecule has 3 N–H and O–H groups in total. The molecule has 1 heterocycles. The van der Waals surface area contributed by atoms with Crippen molar-refractivity contribution in [1.82, 2.24) is 20.5 Å². The number of aromatic nitrogens is 1. The van der Waals surface area contributed by atoms with E-state index in [0.717, 1.165) is 22.0 Å². The van der Waals surface area contributed by atoms with Crippen LogP contribution in [0.2, 0.25) is 18.1 Å². The lowest BCUT2D eigenvalue weighted by molar-refractivity contribution is -0.150. The number of carbonyl (C=O) groups is 4. The fourth-order valence-corrected chi connectivity index (χ4v) is 6.89. The molecule has 1 aromatic heterocycles. The summed E-state index contributed by atoms with van der Waals surface area (Å²) in [4.78, 5) is 59.5. The van der Waals surface area contributed by atoms with Crippen LogP contribution in [-0.2, 0) is 30.3 Å². The second-order valence-electron chi connectivity index (χ2n) is 16.3. The van der Waals surface area contributed by atoms with Crippen LogP contribution < -0.4 is 15.1 Å². The van der Waals surface area contributed by atoms with Gasteiger partial charge >= 0.3 is 5.97 Å². The summed E-state index contributed by atoms with van der Waals surface area (Å²) in [5.74, 6) is -1.38. The number of aromatic amines is 1. The molecular weight excluding hydrogens is 697 g/mol. The van der Waals surface area contributed by atoms with Crippen molar-refractivity contribution in [2.24, 2.45) is 11.8 Å². The summed E-state index contributed by atoms with van der Waals surface area (Å²) >= 11 is 0. The zero-order valence-electron chi connectivity index (χ0n) is 34.2. The van der Waals surface area contributed by atoms with E-state index in [0.29, 0.717) is 17.7 Å². The Morgan fingerprint density at radius 1 is 0.944 bits per heavy atom. The minimum absolute atomic E-state index is 0.00232. The molecule has 2 aromatic carbocycles. The van der Waals surface area contributed by atoms with Crippen molar-refractivity contribution in [3.05, 3.63) is 90.7 Å². The van der Waals surface area contributed by atoms with Gasteiger partial charge in [-0.25, -0.2) is 0 Å². The second kappa shape index (κ2) is 18.6. The van der Waals surface area contributed by atoms with Crippen molar-refractivity contribution in [3.8, 4) is 5.75 Å². The van der Waals surface area contributed by atoms with Crippen LogP contribution in [0.3, 0.4) is 0 Å². The summed E-state index contributed by atoms with van der Waals surface area (Å²) in [5, 5.41) is 6.83. The number of hydrogen-bond acceptors (Lipinski definition) is 6. The van der Waals surface area contributed by atoms with Crippen molar-refractivity contribution in [2.75, 3.05) is 7.05 Å². The van der Waals surface area contributed by atoms with Crippen LogP contribution in [0.1, 0.15) is 85.4 Å². The van der Waals surface area contributed by atoms with E-state index >= 15 is 0 Å². The number of ether oxygens (including phenoxy) is 1. The van der Waals surface area contributed by atoms with E-state index in [9.17, 15) is 19.2 Å². The first-order valence-electron chi connectivity index (χ1n) is 18.8. The molecule has 0 saturated carbocycles. The fourth-order valence-electron chi connectivity index (χ4n) is 5.86. The number of likely N-dealkylation sites (N-methyl/N-ethyl adjacent to an activating group) is 1. The third-order valence-corrected chi connectivity index (χ3v) is 15.0. The second-order valence-corrected chi connectivity index (χ2v) is 21.0. The Bertz CT molecular complexity index is 1790. The maximum atomic E-state index is 14.5. The number of benzene rings is 2. The smallest absolute Gasteiger partial charge is 0.308 e. The summed E-state index contributed by atoms with van der Waals surface area (Å²) in [6.45, 7) is 27.5. The van der Waals surface area contributed by atoms with Crippen molar-refractivity contribution in [2.45, 2.75) is 117 Å². The number of allylic oxidation sites excluding steroid dienone is 1. The van der Waals surface area contributed by atoms with Crippen molar-refractivity contribution < 1.29 is 28.3 Å². The summed E-state index contributed by atoms with van der Waals surface area (Å²) in [7, 11) is -0.555. The van der Waals surface area contributed by atoms with Gasteiger partial charge in [0.05, 0.1) is 12.5 Å². The number of carbonyl (C=O) groups excluding carboxylic acids is 4. The Balaban J connectivity index is 1.98. The molecule has 0 fully saturated rings. The van der Waals surface area contributed by atoms with Gasteiger partial charge in [0, 0.05) is 42.4 Å². The third kappa shape index (κ3) is 11.7. The van der Waals surface area contributed by atoms with Crippen molar-refractivity contribution >= 4 is 42.9 Å². The molecule has 54 heavy (non-hydrogen) atoms. The molecule has 294 valence electrons. The van der Waals surface area contributed by atoms with Crippen molar-refractivity contribution in [1.29, 1.82) is 0 Å². The van der Waals surface area contributed by atoms with E-state index in [1.807, 2.05) is 75.5 Å². The molecule has 0 radical (unpaired) electrons. The van der Waals surface area contributed by atoms with E-state index in [1.165, 1.54) is 4.90 Å². The van der Waals surface area contributed by atoms with E-state index in [4.69, 9.17) is 9.16 Å². The van der Waals surface area contributed by atoms with Gasteiger partial charge in [-0.15, -0.1) is 13.2 Å². The fraction of sp³-hybridized carbons (Fsp3) is 0.488. The lowest BCUT2D eigenvalue weighted by atomic mass is 9.99. The largest absolute Gasteiger partial charge is 0.544 e. The monoisotopic (exact) mass is 758 g/mol. The molecule has 11 heteroatoms. The summed E-state index contributed by atoms with van der Waals surface area (Å²) in [5.41, 5.74) is 3.29. The van der Waals surface area contributed by atoms with Crippen LogP contribution in [0.15, 0.2) is 79.5 Å². The van der Waals surface area contributed by atoms with E-state index < -0.39 is 50.3 Å². The molecule has 6 atom stereocenters. The first-order valence-corrected chi connectivity index (χ1v) is 21.7. The molecule has 0 unspecified atom stereocenters. The highest BCUT2D eigenvalue weighted by molar-refractivity contribution is 6.74. The van der Waals surface area contributed by atoms with Gasteiger partial charge < -0.3 is 29.7 Å². The summed E-state index contributed by atoms with van der Waals surface area (Å²) in [6, 6.07) is 12.5. The first-order chi connectivity index (χ1) is 25.1. The highest BCUT2D eigenvalue weighted by Crippen LogP contribution is 2.37. The average Bonchev–Trinajstić information content (AvgIpc) is 3.51. The molecule has 3 amide bonds. The number of rotatable bonds is 18. The quantitative estimate of drug-likeness (QED) is 0.0685. The van der Waals surface area contributed by atoms with Crippen molar-refractivity contribution in [3.63, 3.8) is 0 Å². The molecule has 3 rings (SSSR count). The summed E-state index contributed by atoms with van der Waals surface area (Å²) in [6.07, 6.45) is 3.67. The van der Waals surface area contributed by atoms with Crippen LogP contribution >= 0.6 is 0 Å². The molecule has 3 aromatic rings. The average molecular weight is 759 g/mol. The van der Waals surface area contributed by atoms with Gasteiger partial charge in [-0.2, -0.15) is 0 Å². The van der Waals surface area contributed by atoms with Gasteiger partial charge in [-0.1, -0.05) is 76.6 Å². The number of para-hydroxylation sites is 1. The minimum Gasteiger partial charge on any atom is -0.544 e. The number of hydrogen-bond donors (Lipinski definition) is 3. The number of H-pyrrole nitrogens is 1. The minimum atomic E-state index is -2.12. The molecule has 0 saturated heterocycles. The van der Waals surface area contributed by atoms with Gasteiger partial charge in [0.15, 0.2) is 0 Å². The highest BCUT2D eigenvalue weighted by Gasteiger charge is 2.39. The van der Waals surface area contributed by atoms with Crippen LogP contribution in [0, 0.1) is 11.8 Å². The van der Waals surface area contributed by atoms with Crippen LogP contribution in [-0.4, -0.2) is 67.1 Å². The predicted octanol–water partition coefficient (Wildman–Crippen LogP) is 8.03. The maximum absolute atomic E-state index is 14.5. The Labute approximate surface area is 323 Å². The Hall–Kier alpha value is -4.64. The Morgan fingerprint density at radius 2 is 1.57 bits per heavy atom. The first kappa shape index (κ1) is 43.8. The predicted molar refractivity (Wildman–Crippen MR) is 219 cm³/mol. The van der Waals surface area contributed by atoms with Crippen LogP contribution in [0.25, 0.3) is 10.9 Å². The zero-order valence-corrected chi connectivity index (χ0v) is 35.2. The SMILES string of the molecule is C=C[C@H](C)[C@@H](C)OC(=O)C[C@@H](NC(=O)[C@@H](Cc1c[nH]c2ccccc12)N(C)C(=O)[C@H](C)NC(=O)[C@H](C)CC(=C)C)c1ccc(O[Si](C)(C)C(C)(C)C)cc1. The molecule has 0 aliphatic carbocycles. The number of nitrogens with zero attached hydrogens (tertiary/aromatic N) is 1. The lowest BCUT2D eigenvalue weighted by Crippen LogP contribution is -2.55. The highest BCUT2D eigenvalue weighted by atomic mass is 28.4. The molecule has 0 aliphatic heterocycles. The lowest BCUT2D eigenvalue weighted by Gasteiger charge is -2.36. The number of amides is 3. The molecule has 10 nitrogen and oxygen atoms in total. The topological polar surface area (TPSA) is 130 Å². The van der Waals surface area contributed by atoms with Gasteiger partial charge in [0.2, 0.25) is 26.0 Å². The summed E-state index contributed by atoms with van der Waals surface area (Å²) < 4.78 is 12.3. The molecular formula is C43H62N4O6Si. The number of fused-ring (bicyclic) bond motifs is 1. The zero-order chi connectivity index (χ0) is 40.5. The molecule has 0 bridgehead atoms. The normalized spacial score (nSPS) is 15.2. The number of esters is 1. The number of nitrogens with one attached hydrogen (secondary N) is 3.